The van der Waals surface area contributed by atoms with E-state index in [-0.39, 0.29) is 6.61 Å². The average Bonchev–Trinajstić information content (AvgIpc) is 2.25. The third-order valence-corrected chi connectivity index (χ3v) is 2.15. The molecule has 0 aliphatic carbocycles. The Hall–Kier alpha value is -1.18. The number of hydrogen-bond donors (Lipinski definition) is 3. The quantitative estimate of drug-likeness (QED) is 0.537. The average molecular weight is 233 g/mol. The van der Waals surface area contributed by atoms with E-state index in [0.29, 0.717) is 13.2 Å². The molecule has 1 amide bonds. The van der Waals surface area contributed by atoms with Crippen LogP contribution in [0.5, 0.6) is 0 Å². The molecule has 0 aromatic carbocycles. The van der Waals surface area contributed by atoms with E-state index in [9.17, 15) is 9.59 Å². The summed E-state index contributed by atoms with van der Waals surface area (Å²) in [6, 6.07) is -1.34. The van der Waals surface area contributed by atoms with Gasteiger partial charge in [-0.25, -0.2) is 4.79 Å². The van der Waals surface area contributed by atoms with E-state index in [4.69, 9.17) is 19.7 Å². The molecule has 92 valence electrons. The molecule has 1 aliphatic heterocycles. The second-order valence-electron chi connectivity index (χ2n) is 3.50. The van der Waals surface area contributed by atoms with E-state index in [0.717, 1.165) is 0 Å². The van der Waals surface area contributed by atoms with Crippen LogP contribution in [0.15, 0.2) is 0 Å². The molecule has 0 radical (unpaired) electrons. The van der Waals surface area contributed by atoms with Crippen LogP contribution in [0, 0.1) is 0 Å². The number of ether oxygens (including phenoxy) is 2. The van der Waals surface area contributed by atoms with Crippen molar-refractivity contribution in [2.75, 3.05) is 19.8 Å². The van der Waals surface area contributed by atoms with Gasteiger partial charge in [0.05, 0.1) is 25.9 Å². The fourth-order valence-electron chi connectivity index (χ4n) is 1.27. The maximum absolute atomic E-state index is 11.5. The molecular weight excluding hydrogens is 218 g/mol. The first-order valence-electron chi connectivity index (χ1n) is 4.93. The zero-order valence-corrected chi connectivity index (χ0v) is 8.88. The summed E-state index contributed by atoms with van der Waals surface area (Å²) in [6.07, 6.45) is -1.99. The molecule has 0 aromatic heterocycles. The van der Waals surface area contributed by atoms with E-state index in [1.807, 2.05) is 0 Å². The number of carbonyl (C=O) groups excluding carboxylic acids is 1. The predicted octanol–water partition coefficient (Wildman–Crippen LogP) is -1.65. The molecule has 0 saturated carbocycles. The van der Waals surface area contributed by atoms with Crippen LogP contribution >= 0.6 is 0 Å². The normalized spacial score (nSPS) is 24.5. The number of aliphatic hydroxyl groups is 1. The van der Waals surface area contributed by atoms with E-state index in [2.05, 4.69) is 5.32 Å². The van der Waals surface area contributed by atoms with Crippen LogP contribution in [-0.2, 0) is 19.1 Å². The van der Waals surface area contributed by atoms with Crippen LogP contribution in [-0.4, -0.2) is 60.2 Å². The Morgan fingerprint density at radius 1 is 1.44 bits per heavy atom. The Morgan fingerprint density at radius 3 is 2.56 bits per heavy atom. The second-order valence-corrected chi connectivity index (χ2v) is 3.50. The molecule has 0 bridgehead atoms. The van der Waals surface area contributed by atoms with Gasteiger partial charge in [0.1, 0.15) is 0 Å². The summed E-state index contributed by atoms with van der Waals surface area (Å²) in [4.78, 5) is 22.2. The number of carbonyl (C=O) groups is 2. The Morgan fingerprint density at radius 2 is 2.12 bits per heavy atom. The van der Waals surface area contributed by atoms with Crippen molar-refractivity contribution in [3.8, 4) is 0 Å². The topological polar surface area (TPSA) is 105 Å². The Kier molecular flexibility index (Phi) is 4.66. The monoisotopic (exact) mass is 233 g/mol. The molecule has 0 spiro atoms. The van der Waals surface area contributed by atoms with Crippen molar-refractivity contribution in [2.24, 2.45) is 0 Å². The van der Waals surface area contributed by atoms with Crippen LogP contribution in [0.25, 0.3) is 0 Å². The zero-order valence-electron chi connectivity index (χ0n) is 8.88. The highest BCUT2D eigenvalue weighted by molar-refractivity contribution is 5.86. The highest BCUT2D eigenvalue weighted by Gasteiger charge is 2.30. The first-order valence-corrected chi connectivity index (χ1v) is 4.93. The maximum Gasteiger partial charge on any atom is 0.328 e. The van der Waals surface area contributed by atoms with Gasteiger partial charge in [0, 0.05) is 0 Å². The summed E-state index contributed by atoms with van der Waals surface area (Å²) >= 11 is 0. The summed E-state index contributed by atoms with van der Waals surface area (Å²) < 4.78 is 10.1. The van der Waals surface area contributed by atoms with Crippen molar-refractivity contribution in [1.29, 1.82) is 0 Å². The highest BCUT2D eigenvalue weighted by Crippen LogP contribution is 2.02. The first-order chi connectivity index (χ1) is 7.52. The first kappa shape index (κ1) is 12.9. The lowest BCUT2D eigenvalue weighted by molar-refractivity contribution is -0.154. The van der Waals surface area contributed by atoms with Gasteiger partial charge in [-0.05, 0) is 6.92 Å². The Balaban J connectivity index is 2.50. The van der Waals surface area contributed by atoms with Gasteiger partial charge in [-0.1, -0.05) is 0 Å². The summed E-state index contributed by atoms with van der Waals surface area (Å²) in [5, 5.41) is 20.1. The molecule has 0 aromatic rings. The van der Waals surface area contributed by atoms with Crippen molar-refractivity contribution in [1.82, 2.24) is 5.32 Å². The van der Waals surface area contributed by atoms with Crippen molar-refractivity contribution in [2.45, 2.75) is 25.2 Å². The summed E-state index contributed by atoms with van der Waals surface area (Å²) in [6.45, 7) is 2.10. The van der Waals surface area contributed by atoms with E-state index < -0.39 is 30.1 Å². The lowest BCUT2D eigenvalue weighted by atomic mass is 10.1. The Bertz CT molecular complexity index is 261. The number of amides is 1. The third-order valence-electron chi connectivity index (χ3n) is 2.15. The number of carboxylic acids is 1. The van der Waals surface area contributed by atoms with Gasteiger partial charge >= 0.3 is 5.97 Å². The fourth-order valence-corrected chi connectivity index (χ4v) is 1.27. The molecule has 16 heavy (non-hydrogen) atoms. The van der Waals surface area contributed by atoms with Crippen LogP contribution in [0.1, 0.15) is 6.92 Å². The van der Waals surface area contributed by atoms with Crippen molar-refractivity contribution < 1.29 is 29.3 Å². The molecule has 3 atom stereocenters. The van der Waals surface area contributed by atoms with Gasteiger partial charge < -0.3 is 25.0 Å². The van der Waals surface area contributed by atoms with Gasteiger partial charge in [-0.2, -0.15) is 0 Å². The molecule has 1 aliphatic rings. The SMILES string of the molecule is CC(O)C(NC(=O)C1COCCO1)C(=O)O. The molecular formula is C9H15NO6. The number of carboxylic acid groups (broad SMARTS) is 1. The molecule has 1 rings (SSSR count). The number of hydrogen-bond acceptors (Lipinski definition) is 5. The molecule has 3 unspecified atom stereocenters. The van der Waals surface area contributed by atoms with Gasteiger partial charge in [-0.15, -0.1) is 0 Å². The highest BCUT2D eigenvalue weighted by atomic mass is 16.6. The largest absolute Gasteiger partial charge is 0.480 e. The third kappa shape index (κ3) is 3.44. The van der Waals surface area contributed by atoms with E-state index in [1.165, 1.54) is 6.92 Å². The summed E-state index contributed by atoms with van der Waals surface area (Å²) in [5.41, 5.74) is 0. The fraction of sp³-hybridized carbons (Fsp3) is 0.778. The van der Waals surface area contributed by atoms with Gasteiger partial charge in [0.15, 0.2) is 12.1 Å². The molecule has 1 fully saturated rings. The summed E-state index contributed by atoms with van der Waals surface area (Å²) in [5.74, 6) is -1.88. The number of rotatable bonds is 4. The van der Waals surface area contributed by atoms with E-state index >= 15 is 0 Å². The lowest BCUT2D eigenvalue weighted by Gasteiger charge is -2.24. The smallest absolute Gasteiger partial charge is 0.328 e. The number of nitrogens with one attached hydrogen (secondary N) is 1. The predicted molar refractivity (Wildman–Crippen MR) is 51.8 cm³/mol. The molecule has 7 nitrogen and oxygen atoms in total. The minimum absolute atomic E-state index is 0.0952. The summed E-state index contributed by atoms with van der Waals surface area (Å²) in [7, 11) is 0. The van der Waals surface area contributed by atoms with Crippen molar-refractivity contribution in [3.63, 3.8) is 0 Å². The lowest BCUT2D eigenvalue weighted by Crippen LogP contribution is -2.53. The van der Waals surface area contributed by atoms with Crippen LogP contribution in [0.4, 0.5) is 0 Å². The minimum atomic E-state index is -1.34. The van der Waals surface area contributed by atoms with Crippen molar-refractivity contribution in [3.05, 3.63) is 0 Å². The number of aliphatic carboxylic acids is 1. The van der Waals surface area contributed by atoms with Gasteiger partial charge in [0.2, 0.25) is 0 Å². The Labute approximate surface area is 92.3 Å². The molecule has 3 N–H and O–H groups in total. The molecule has 7 heteroatoms. The van der Waals surface area contributed by atoms with Gasteiger partial charge in [0.25, 0.3) is 5.91 Å². The van der Waals surface area contributed by atoms with Crippen LogP contribution in [0.3, 0.4) is 0 Å². The van der Waals surface area contributed by atoms with Crippen LogP contribution < -0.4 is 5.32 Å². The second kappa shape index (κ2) is 5.78. The van der Waals surface area contributed by atoms with Crippen LogP contribution in [0.2, 0.25) is 0 Å². The maximum atomic E-state index is 11.5. The zero-order chi connectivity index (χ0) is 12.1. The van der Waals surface area contributed by atoms with E-state index in [1.54, 1.807) is 0 Å². The van der Waals surface area contributed by atoms with Crippen molar-refractivity contribution >= 4 is 11.9 Å². The molecule has 1 saturated heterocycles. The number of aliphatic hydroxyl groups excluding tert-OH is 1. The minimum Gasteiger partial charge on any atom is -0.480 e. The molecule has 1 heterocycles. The standard InChI is InChI=1S/C9H15NO6/c1-5(11)7(9(13)14)10-8(12)6-4-15-2-3-16-6/h5-7,11H,2-4H2,1H3,(H,10,12)(H,13,14). The van der Waals surface area contributed by atoms with Gasteiger partial charge in [-0.3, -0.25) is 4.79 Å².